The molecule has 1 N–H and O–H groups in total. The molecule has 0 amide bonds. The average molecular weight is 350 g/mol. The van der Waals surface area contributed by atoms with Crippen molar-refractivity contribution in [3.8, 4) is 5.75 Å². The third-order valence-corrected chi connectivity index (χ3v) is 4.97. The highest BCUT2D eigenvalue weighted by Gasteiger charge is 2.23. The Morgan fingerprint density at radius 3 is 2.96 bits per heavy atom. The van der Waals surface area contributed by atoms with Crippen molar-refractivity contribution in [2.45, 2.75) is 12.8 Å². The molecule has 0 spiro atoms. The molecular formula is C16H22N4O3S. The first-order chi connectivity index (χ1) is 11.5. The van der Waals surface area contributed by atoms with Crippen molar-refractivity contribution < 1.29 is 13.2 Å². The van der Waals surface area contributed by atoms with E-state index in [9.17, 15) is 8.42 Å². The fourth-order valence-corrected chi connectivity index (χ4v) is 3.63. The highest BCUT2D eigenvalue weighted by Crippen LogP contribution is 2.29. The zero-order valence-corrected chi connectivity index (χ0v) is 14.7. The van der Waals surface area contributed by atoms with Gasteiger partial charge in [-0.25, -0.2) is 23.1 Å². The number of piperidine rings is 1. The Morgan fingerprint density at radius 2 is 2.21 bits per heavy atom. The maximum absolute atomic E-state index is 11.3. The molecule has 1 aliphatic rings. The molecule has 1 atom stereocenters. The fourth-order valence-electron chi connectivity index (χ4n) is 3.09. The number of methoxy groups -OCH3 is 1. The Kier molecular flexibility index (Phi) is 4.86. The number of hydrogen-bond donors (Lipinski definition) is 1. The van der Waals surface area contributed by atoms with Gasteiger partial charge in [-0.05, 0) is 37.0 Å². The van der Waals surface area contributed by atoms with Gasteiger partial charge in [0.2, 0.25) is 10.0 Å². The summed E-state index contributed by atoms with van der Waals surface area (Å²) in [4.78, 5) is 11.0. The number of hydrogen-bond acceptors (Lipinski definition) is 6. The van der Waals surface area contributed by atoms with E-state index in [1.807, 2.05) is 18.2 Å². The summed E-state index contributed by atoms with van der Waals surface area (Å²) in [7, 11) is -1.52. The molecule has 1 aromatic carbocycles. The van der Waals surface area contributed by atoms with Crippen LogP contribution >= 0.6 is 0 Å². The lowest BCUT2D eigenvalue weighted by atomic mass is 9.98. The molecule has 2 aromatic rings. The van der Waals surface area contributed by atoms with Gasteiger partial charge in [-0.1, -0.05) is 0 Å². The van der Waals surface area contributed by atoms with Gasteiger partial charge in [0.05, 0.1) is 18.9 Å². The Morgan fingerprint density at radius 1 is 1.38 bits per heavy atom. The lowest BCUT2D eigenvalue weighted by molar-refractivity contribution is 0.409. The van der Waals surface area contributed by atoms with Crippen LogP contribution in [0.15, 0.2) is 24.5 Å². The molecule has 1 saturated heterocycles. The van der Waals surface area contributed by atoms with E-state index < -0.39 is 10.0 Å². The maximum atomic E-state index is 11.3. The van der Waals surface area contributed by atoms with Crippen molar-refractivity contribution in [2.75, 3.05) is 37.9 Å². The number of nitrogens with zero attached hydrogens (tertiary/aromatic N) is 3. The zero-order chi connectivity index (χ0) is 17.2. The molecule has 1 aliphatic heterocycles. The average Bonchev–Trinajstić information content (AvgIpc) is 2.58. The quantitative estimate of drug-likeness (QED) is 0.877. The third-order valence-electron chi connectivity index (χ3n) is 4.27. The molecule has 3 rings (SSSR count). The first-order valence-corrected chi connectivity index (χ1v) is 9.84. The van der Waals surface area contributed by atoms with E-state index in [4.69, 9.17) is 4.74 Å². The van der Waals surface area contributed by atoms with Gasteiger partial charge in [0.1, 0.15) is 17.9 Å². The monoisotopic (exact) mass is 350 g/mol. The van der Waals surface area contributed by atoms with Gasteiger partial charge in [0.15, 0.2) is 0 Å². The van der Waals surface area contributed by atoms with Gasteiger partial charge in [-0.2, -0.15) is 0 Å². The number of sulfonamides is 1. The van der Waals surface area contributed by atoms with Gasteiger partial charge in [-0.3, -0.25) is 0 Å². The van der Waals surface area contributed by atoms with E-state index in [1.165, 1.54) is 6.26 Å². The summed E-state index contributed by atoms with van der Waals surface area (Å²) in [5.74, 6) is 1.91. The summed E-state index contributed by atoms with van der Waals surface area (Å²) in [6.07, 6.45) is 4.78. The third kappa shape index (κ3) is 3.93. The van der Waals surface area contributed by atoms with Crippen LogP contribution in [0, 0.1) is 5.92 Å². The summed E-state index contributed by atoms with van der Waals surface area (Å²) in [6.45, 7) is 2.13. The lowest BCUT2D eigenvalue weighted by Crippen LogP contribution is -2.41. The summed E-state index contributed by atoms with van der Waals surface area (Å²) < 4.78 is 30.5. The largest absolute Gasteiger partial charge is 0.497 e. The summed E-state index contributed by atoms with van der Waals surface area (Å²) in [5, 5.41) is 0.952. The molecule has 24 heavy (non-hydrogen) atoms. The number of anilines is 1. The summed E-state index contributed by atoms with van der Waals surface area (Å²) in [5.41, 5.74) is 0.872. The Bertz CT molecular complexity index is 825. The highest BCUT2D eigenvalue weighted by atomic mass is 32.2. The van der Waals surface area contributed by atoms with E-state index in [0.29, 0.717) is 6.54 Å². The van der Waals surface area contributed by atoms with Gasteiger partial charge in [-0.15, -0.1) is 0 Å². The van der Waals surface area contributed by atoms with Gasteiger partial charge >= 0.3 is 0 Å². The number of nitrogens with one attached hydrogen (secondary N) is 1. The van der Waals surface area contributed by atoms with Crippen molar-refractivity contribution in [1.29, 1.82) is 0 Å². The minimum atomic E-state index is -3.16. The Labute approximate surface area is 142 Å². The Balaban J connectivity index is 1.84. The SMILES string of the molecule is COc1ccc2ncnc(N3CCCC(CNS(C)(=O)=O)C3)c2c1. The van der Waals surface area contributed by atoms with E-state index in [-0.39, 0.29) is 5.92 Å². The second-order valence-corrected chi connectivity index (χ2v) is 7.99. The van der Waals surface area contributed by atoms with Crippen LogP contribution in [0.4, 0.5) is 5.82 Å². The van der Waals surface area contributed by atoms with E-state index in [1.54, 1.807) is 13.4 Å². The van der Waals surface area contributed by atoms with Crippen molar-refractivity contribution in [1.82, 2.24) is 14.7 Å². The van der Waals surface area contributed by atoms with Crippen LogP contribution in [-0.4, -0.2) is 51.4 Å². The van der Waals surface area contributed by atoms with Crippen molar-refractivity contribution >= 4 is 26.7 Å². The topological polar surface area (TPSA) is 84.4 Å². The number of ether oxygens (including phenoxy) is 1. The minimum Gasteiger partial charge on any atom is -0.497 e. The van der Waals surface area contributed by atoms with Crippen molar-refractivity contribution in [3.05, 3.63) is 24.5 Å². The molecular weight excluding hydrogens is 328 g/mol. The van der Waals surface area contributed by atoms with Crippen LogP contribution < -0.4 is 14.4 Å². The van der Waals surface area contributed by atoms with Crippen molar-refractivity contribution in [2.24, 2.45) is 5.92 Å². The molecule has 130 valence electrons. The van der Waals surface area contributed by atoms with Crippen LogP contribution in [0.5, 0.6) is 5.75 Å². The fraction of sp³-hybridized carbons (Fsp3) is 0.500. The normalized spacial score (nSPS) is 18.8. The van der Waals surface area contributed by atoms with Crippen molar-refractivity contribution in [3.63, 3.8) is 0 Å². The number of rotatable bonds is 5. The van der Waals surface area contributed by atoms with Crippen LogP contribution in [0.1, 0.15) is 12.8 Å². The molecule has 0 radical (unpaired) electrons. The molecule has 2 heterocycles. The summed E-state index contributed by atoms with van der Waals surface area (Å²) >= 11 is 0. The molecule has 0 bridgehead atoms. The second-order valence-electron chi connectivity index (χ2n) is 6.16. The van der Waals surface area contributed by atoms with Gasteiger partial charge in [0.25, 0.3) is 0 Å². The van der Waals surface area contributed by atoms with Crippen LogP contribution in [-0.2, 0) is 10.0 Å². The lowest BCUT2D eigenvalue weighted by Gasteiger charge is -2.34. The van der Waals surface area contributed by atoms with E-state index in [2.05, 4.69) is 19.6 Å². The second kappa shape index (κ2) is 6.90. The summed E-state index contributed by atoms with van der Waals surface area (Å²) in [6, 6.07) is 5.75. The minimum absolute atomic E-state index is 0.268. The zero-order valence-electron chi connectivity index (χ0n) is 13.9. The molecule has 7 nitrogen and oxygen atoms in total. The predicted molar refractivity (Wildman–Crippen MR) is 93.9 cm³/mol. The van der Waals surface area contributed by atoms with Crippen LogP contribution in [0.2, 0.25) is 0 Å². The number of benzene rings is 1. The Hall–Kier alpha value is -1.93. The number of fused-ring (bicyclic) bond motifs is 1. The highest BCUT2D eigenvalue weighted by molar-refractivity contribution is 7.88. The molecule has 8 heteroatoms. The molecule has 1 aromatic heterocycles. The molecule has 1 fully saturated rings. The smallest absolute Gasteiger partial charge is 0.208 e. The predicted octanol–water partition coefficient (Wildman–Crippen LogP) is 1.40. The van der Waals surface area contributed by atoms with E-state index >= 15 is 0 Å². The molecule has 0 saturated carbocycles. The first-order valence-electron chi connectivity index (χ1n) is 7.94. The number of aromatic nitrogens is 2. The van der Waals surface area contributed by atoms with Gasteiger partial charge < -0.3 is 9.64 Å². The van der Waals surface area contributed by atoms with Gasteiger partial charge in [0, 0.05) is 25.0 Å². The van der Waals surface area contributed by atoms with Crippen LogP contribution in [0.25, 0.3) is 10.9 Å². The van der Waals surface area contributed by atoms with Crippen LogP contribution in [0.3, 0.4) is 0 Å². The van der Waals surface area contributed by atoms with E-state index in [0.717, 1.165) is 48.4 Å². The molecule has 1 unspecified atom stereocenters. The standard InChI is InChI=1S/C16H22N4O3S/c1-23-13-5-6-15-14(8-13)16(18-11-17-15)20-7-3-4-12(10-20)9-19-24(2,21)22/h5-6,8,11-12,19H,3-4,7,9-10H2,1-2H3. The molecule has 0 aliphatic carbocycles. The maximum Gasteiger partial charge on any atom is 0.208 e. The first kappa shape index (κ1) is 16.9.